The number of hydrogen-bond acceptors (Lipinski definition) is 4. The minimum Gasteiger partial charge on any atom is -0.377 e. The molecule has 1 N–H and O–H groups in total. The van der Waals surface area contributed by atoms with Gasteiger partial charge in [0.25, 0.3) is 5.69 Å². The van der Waals surface area contributed by atoms with Gasteiger partial charge in [-0.2, -0.15) is 0 Å². The van der Waals surface area contributed by atoms with Crippen LogP contribution in [-0.4, -0.2) is 10.7 Å². The van der Waals surface area contributed by atoms with Crippen LogP contribution in [0.1, 0.15) is 42.9 Å². The zero-order chi connectivity index (χ0) is 17.8. The molecular weight excluding hydrogens is 316 g/mol. The van der Waals surface area contributed by atoms with Crippen LogP contribution in [0.4, 0.5) is 11.4 Å². The number of carbonyl (C=O) groups excluding carboxylic acids is 1. The van der Waals surface area contributed by atoms with E-state index in [0.717, 1.165) is 36.1 Å². The molecule has 0 aromatic heterocycles. The Kier molecular flexibility index (Phi) is 5.12. The van der Waals surface area contributed by atoms with E-state index in [-0.39, 0.29) is 23.4 Å². The third kappa shape index (κ3) is 4.05. The Hall–Kier alpha value is -2.69. The van der Waals surface area contributed by atoms with E-state index in [9.17, 15) is 14.9 Å². The lowest BCUT2D eigenvalue weighted by Gasteiger charge is -2.31. The lowest BCUT2D eigenvalue weighted by atomic mass is 9.80. The van der Waals surface area contributed by atoms with E-state index in [1.165, 1.54) is 12.1 Å². The highest BCUT2D eigenvalue weighted by Crippen LogP contribution is 2.35. The largest absolute Gasteiger partial charge is 0.377 e. The highest BCUT2D eigenvalue weighted by Gasteiger charge is 2.31. The first-order chi connectivity index (χ1) is 12.0. The molecule has 0 radical (unpaired) electrons. The summed E-state index contributed by atoms with van der Waals surface area (Å²) in [5.74, 6) is 0.172. The third-order valence-corrected chi connectivity index (χ3v) is 4.81. The molecule has 1 aliphatic rings. The standard InChI is InChI=1S/C20H22N2O3/c1-14-5-4-6-16(13-14)21-20(18-7-2-3-8-19(18)23)15-9-11-17(12-10-15)22(24)25/h4-6,9-13,18,20-21H,2-3,7-8H2,1H3. The molecule has 0 bridgehead atoms. The van der Waals surface area contributed by atoms with Crippen molar-refractivity contribution in [1.82, 2.24) is 0 Å². The summed E-state index contributed by atoms with van der Waals surface area (Å²) >= 11 is 0. The highest BCUT2D eigenvalue weighted by molar-refractivity contribution is 5.83. The Bertz CT molecular complexity index is 771. The van der Waals surface area contributed by atoms with Crippen LogP contribution in [-0.2, 0) is 4.79 Å². The van der Waals surface area contributed by atoms with Crippen LogP contribution in [0.15, 0.2) is 48.5 Å². The molecule has 2 aromatic carbocycles. The van der Waals surface area contributed by atoms with Crippen molar-refractivity contribution in [3.05, 3.63) is 69.8 Å². The van der Waals surface area contributed by atoms with Gasteiger partial charge in [-0.15, -0.1) is 0 Å². The summed E-state index contributed by atoms with van der Waals surface area (Å²) in [5, 5.41) is 14.4. The van der Waals surface area contributed by atoms with Gasteiger partial charge in [-0.25, -0.2) is 0 Å². The van der Waals surface area contributed by atoms with Crippen molar-refractivity contribution in [2.24, 2.45) is 5.92 Å². The summed E-state index contributed by atoms with van der Waals surface area (Å²) in [7, 11) is 0. The number of anilines is 1. The average molecular weight is 338 g/mol. The number of nitrogens with zero attached hydrogens (tertiary/aromatic N) is 1. The summed E-state index contributed by atoms with van der Waals surface area (Å²) in [6.45, 7) is 2.03. The van der Waals surface area contributed by atoms with Crippen molar-refractivity contribution in [3.8, 4) is 0 Å². The zero-order valence-corrected chi connectivity index (χ0v) is 14.3. The van der Waals surface area contributed by atoms with Gasteiger partial charge >= 0.3 is 0 Å². The number of benzene rings is 2. The molecule has 130 valence electrons. The summed E-state index contributed by atoms with van der Waals surface area (Å²) in [4.78, 5) is 23.0. The third-order valence-electron chi connectivity index (χ3n) is 4.81. The van der Waals surface area contributed by atoms with Crippen molar-refractivity contribution in [3.63, 3.8) is 0 Å². The number of hydrogen-bond donors (Lipinski definition) is 1. The minimum absolute atomic E-state index is 0.0630. The molecule has 0 amide bonds. The molecule has 1 saturated carbocycles. The molecule has 0 saturated heterocycles. The van der Waals surface area contributed by atoms with Gasteiger partial charge in [0.2, 0.25) is 0 Å². The number of aryl methyl sites for hydroxylation is 1. The summed E-state index contributed by atoms with van der Waals surface area (Å²) in [6.07, 6.45) is 3.45. The average Bonchev–Trinajstić information content (AvgIpc) is 2.61. The normalized spacial score (nSPS) is 18.6. The minimum atomic E-state index is -0.404. The van der Waals surface area contributed by atoms with E-state index < -0.39 is 4.92 Å². The van der Waals surface area contributed by atoms with Gasteiger partial charge in [-0.1, -0.05) is 30.7 Å². The maximum Gasteiger partial charge on any atom is 0.269 e. The maximum atomic E-state index is 12.5. The number of carbonyl (C=O) groups is 1. The van der Waals surface area contributed by atoms with Crippen LogP contribution in [0.2, 0.25) is 0 Å². The predicted molar refractivity (Wildman–Crippen MR) is 97.6 cm³/mol. The maximum absolute atomic E-state index is 12.5. The van der Waals surface area contributed by atoms with Gasteiger partial charge in [0.1, 0.15) is 5.78 Å². The first-order valence-electron chi connectivity index (χ1n) is 8.65. The Morgan fingerprint density at radius 3 is 2.56 bits per heavy atom. The number of ketones is 1. The molecule has 5 heteroatoms. The molecule has 1 aliphatic carbocycles. The number of rotatable bonds is 5. The Morgan fingerprint density at radius 2 is 1.92 bits per heavy atom. The van der Waals surface area contributed by atoms with Crippen LogP contribution in [0, 0.1) is 23.0 Å². The first kappa shape index (κ1) is 17.1. The van der Waals surface area contributed by atoms with E-state index in [1.54, 1.807) is 12.1 Å². The second-order valence-corrected chi connectivity index (χ2v) is 6.66. The van der Waals surface area contributed by atoms with Crippen LogP contribution >= 0.6 is 0 Å². The van der Waals surface area contributed by atoms with Crippen molar-refractivity contribution in [1.29, 1.82) is 0 Å². The number of nitrogens with one attached hydrogen (secondary N) is 1. The summed E-state index contributed by atoms with van der Waals surface area (Å²) < 4.78 is 0. The van der Waals surface area contributed by atoms with Crippen molar-refractivity contribution in [2.75, 3.05) is 5.32 Å². The van der Waals surface area contributed by atoms with Gasteiger partial charge in [-0.05, 0) is 43.0 Å². The van der Waals surface area contributed by atoms with E-state index in [0.29, 0.717) is 6.42 Å². The molecule has 2 atom stereocenters. The molecule has 3 rings (SSSR count). The molecule has 1 fully saturated rings. The lowest BCUT2D eigenvalue weighted by Crippen LogP contribution is -2.30. The molecule has 5 nitrogen and oxygen atoms in total. The van der Waals surface area contributed by atoms with Gasteiger partial charge in [0, 0.05) is 30.2 Å². The van der Waals surface area contributed by atoms with Gasteiger partial charge in [-0.3, -0.25) is 14.9 Å². The van der Waals surface area contributed by atoms with Gasteiger partial charge in [0.05, 0.1) is 11.0 Å². The Labute approximate surface area is 147 Å². The SMILES string of the molecule is Cc1cccc(NC(c2ccc([N+](=O)[O-])cc2)C2CCCCC2=O)c1. The molecule has 0 heterocycles. The first-order valence-corrected chi connectivity index (χ1v) is 8.65. The zero-order valence-electron chi connectivity index (χ0n) is 14.3. The fraction of sp³-hybridized carbons (Fsp3) is 0.350. The molecule has 0 spiro atoms. The topological polar surface area (TPSA) is 72.2 Å². The van der Waals surface area contributed by atoms with Crippen LogP contribution in [0.3, 0.4) is 0 Å². The van der Waals surface area contributed by atoms with Crippen molar-refractivity contribution in [2.45, 2.75) is 38.6 Å². The lowest BCUT2D eigenvalue weighted by molar-refractivity contribution is -0.384. The smallest absolute Gasteiger partial charge is 0.269 e. The van der Waals surface area contributed by atoms with Gasteiger partial charge < -0.3 is 5.32 Å². The second kappa shape index (κ2) is 7.47. The fourth-order valence-electron chi connectivity index (χ4n) is 3.50. The summed E-state index contributed by atoms with van der Waals surface area (Å²) in [5.41, 5.74) is 3.07. The van der Waals surface area contributed by atoms with Crippen molar-refractivity contribution >= 4 is 17.2 Å². The number of Topliss-reactive ketones (excluding diaryl/α,β-unsaturated/α-hetero) is 1. The highest BCUT2D eigenvalue weighted by atomic mass is 16.6. The monoisotopic (exact) mass is 338 g/mol. The summed E-state index contributed by atoms with van der Waals surface area (Å²) in [6, 6.07) is 14.4. The number of nitro benzene ring substituents is 1. The Morgan fingerprint density at radius 1 is 1.16 bits per heavy atom. The van der Waals surface area contributed by atoms with Gasteiger partial charge in [0.15, 0.2) is 0 Å². The van der Waals surface area contributed by atoms with Crippen LogP contribution in [0.5, 0.6) is 0 Å². The molecule has 2 aromatic rings. The quantitative estimate of drug-likeness (QED) is 0.627. The van der Waals surface area contributed by atoms with E-state index in [1.807, 2.05) is 31.2 Å². The second-order valence-electron chi connectivity index (χ2n) is 6.66. The predicted octanol–water partition coefficient (Wildman–Crippen LogP) is 4.82. The van der Waals surface area contributed by atoms with Crippen LogP contribution in [0.25, 0.3) is 0 Å². The fourth-order valence-corrected chi connectivity index (χ4v) is 3.50. The van der Waals surface area contributed by atoms with E-state index in [2.05, 4.69) is 5.32 Å². The number of nitro groups is 1. The molecule has 25 heavy (non-hydrogen) atoms. The molecule has 0 aliphatic heterocycles. The van der Waals surface area contributed by atoms with Crippen LogP contribution < -0.4 is 5.32 Å². The Balaban J connectivity index is 1.93. The number of non-ortho nitro benzene ring substituents is 1. The molecule has 2 unspecified atom stereocenters. The van der Waals surface area contributed by atoms with E-state index >= 15 is 0 Å². The van der Waals surface area contributed by atoms with Crippen molar-refractivity contribution < 1.29 is 9.72 Å². The van der Waals surface area contributed by atoms with E-state index in [4.69, 9.17) is 0 Å². The molecular formula is C20H22N2O3.